The predicted molar refractivity (Wildman–Crippen MR) is 106 cm³/mol. The Kier molecular flexibility index (Phi) is 4.45. The number of hydrogen-bond acceptors (Lipinski definition) is 6. The van der Waals surface area contributed by atoms with E-state index in [9.17, 15) is 18.0 Å². The number of anilines is 1. The monoisotopic (exact) mass is 432 g/mol. The summed E-state index contributed by atoms with van der Waals surface area (Å²) in [5.74, 6) is -0.437. The molecule has 0 amide bonds. The summed E-state index contributed by atoms with van der Waals surface area (Å²) < 4.78 is 43.4. The molecule has 4 aromatic heterocycles. The second-order valence-electron chi connectivity index (χ2n) is 7.71. The van der Waals surface area contributed by atoms with Crippen LogP contribution >= 0.6 is 0 Å². The summed E-state index contributed by atoms with van der Waals surface area (Å²) in [6.45, 7) is 1.80. The fraction of sp³-hybridized carbons (Fsp3) is 0.421. The number of fused-ring (bicyclic) bond motifs is 2. The Labute approximate surface area is 173 Å². The normalized spacial score (nSPS) is 15.9. The lowest BCUT2D eigenvalue weighted by atomic mass is 9.96. The van der Waals surface area contributed by atoms with Crippen LogP contribution in [0.2, 0.25) is 0 Å². The van der Waals surface area contributed by atoms with Crippen molar-refractivity contribution in [2.24, 2.45) is 13.0 Å². The van der Waals surface area contributed by atoms with Crippen molar-refractivity contribution in [3.63, 3.8) is 0 Å². The SMILES string of the molecule is Cn1c(=O)n(CC2CCN(c3ccc4nnc(C(F)(F)F)n4n3)CC2)c2ncccc21. The molecule has 1 saturated heterocycles. The molecule has 0 aromatic carbocycles. The van der Waals surface area contributed by atoms with E-state index >= 15 is 0 Å². The van der Waals surface area contributed by atoms with Crippen molar-refractivity contribution in [3.8, 4) is 0 Å². The molecule has 9 nitrogen and oxygen atoms in total. The van der Waals surface area contributed by atoms with Crippen molar-refractivity contribution in [1.29, 1.82) is 0 Å². The van der Waals surface area contributed by atoms with Crippen LogP contribution in [0.5, 0.6) is 0 Å². The van der Waals surface area contributed by atoms with Gasteiger partial charge in [0.25, 0.3) is 5.82 Å². The van der Waals surface area contributed by atoms with Gasteiger partial charge in [0, 0.05) is 32.9 Å². The highest BCUT2D eigenvalue weighted by Gasteiger charge is 2.38. The number of nitrogens with zero attached hydrogens (tertiary/aromatic N) is 8. The maximum atomic E-state index is 13.1. The number of rotatable bonds is 3. The first-order valence-corrected chi connectivity index (χ1v) is 9.88. The molecule has 0 atom stereocenters. The van der Waals surface area contributed by atoms with Crippen molar-refractivity contribution in [1.82, 2.24) is 33.9 Å². The second kappa shape index (κ2) is 7.06. The van der Waals surface area contributed by atoms with Crippen molar-refractivity contribution in [2.75, 3.05) is 18.0 Å². The van der Waals surface area contributed by atoms with Crippen LogP contribution in [0.15, 0.2) is 35.3 Å². The molecule has 0 N–H and O–H groups in total. The summed E-state index contributed by atoms with van der Waals surface area (Å²) in [6.07, 6.45) is -1.39. The molecule has 1 fully saturated rings. The van der Waals surface area contributed by atoms with Crippen LogP contribution in [0.1, 0.15) is 18.7 Å². The number of aryl methyl sites for hydroxylation is 1. The molecule has 1 aliphatic rings. The van der Waals surface area contributed by atoms with Gasteiger partial charge >= 0.3 is 11.9 Å². The van der Waals surface area contributed by atoms with Gasteiger partial charge in [0.15, 0.2) is 11.3 Å². The molecule has 0 aliphatic carbocycles. The Morgan fingerprint density at radius 1 is 1.13 bits per heavy atom. The van der Waals surface area contributed by atoms with Crippen molar-refractivity contribution < 1.29 is 13.2 Å². The van der Waals surface area contributed by atoms with Crippen molar-refractivity contribution >= 4 is 22.6 Å². The molecule has 162 valence electrons. The standard InChI is InChI=1S/C19H19F3N8O/c1-27-13-3-2-8-23-16(13)29(18(27)31)11-12-6-9-28(10-7-12)15-5-4-14-24-25-17(19(20,21)22)30(14)26-15/h2-5,8,12H,6-7,9-11H2,1H3. The van der Waals surface area contributed by atoms with E-state index in [0.717, 1.165) is 22.9 Å². The zero-order valence-electron chi connectivity index (χ0n) is 16.6. The Balaban J connectivity index is 1.33. The van der Waals surface area contributed by atoms with E-state index in [1.54, 1.807) is 34.5 Å². The lowest BCUT2D eigenvalue weighted by molar-refractivity contribution is -0.146. The number of halogens is 3. The summed E-state index contributed by atoms with van der Waals surface area (Å²) in [6, 6.07) is 6.81. The Morgan fingerprint density at radius 2 is 1.90 bits per heavy atom. The van der Waals surface area contributed by atoms with E-state index in [2.05, 4.69) is 20.3 Å². The third-order valence-electron chi connectivity index (χ3n) is 5.78. The quantitative estimate of drug-likeness (QED) is 0.493. The van der Waals surface area contributed by atoms with Crippen LogP contribution in [0.3, 0.4) is 0 Å². The minimum atomic E-state index is -4.63. The van der Waals surface area contributed by atoms with Crippen molar-refractivity contribution in [2.45, 2.75) is 25.6 Å². The molecule has 0 radical (unpaired) electrons. The number of pyridine rings is 1. The number of imidazole rings is 1. The van der Waals surface area contributed by atoms with Crippen LogP contribution in [0, 0.1) is 5.92 Å². The summed E-state index contributed by atoms with van der Waals surface area (Å²) >= 11 is 0. The maximum Gasteiger partial charge on any atom is 0.453 e. The molecule has 31 heavy (non-hydrogen) atoms. The lowest BCUT2D eigenvalue weighted by Gasteiger charge is -2.32. The first-order valence-electron chi connectivity index (χ1n) is 9.88. The fourth-order valence-corrected chi connectivity index (χ4v) is 4.12. The molecule has 0 saturated carbocycles. The van der Waals surface area contributed by atoms with E-state index in [1.165, 1.54) is 6.07 Å². The van der Waals surface area contributed by atoms with E-state index in [0.29, 0.717) is 31.1 Å². The van der Waals surface area contributed by atoms with Gasteiger partial charge in [0.05, 0.1) is 5.52 Å². The van der Waals surface area contributed by atoms with Crippen LogP contribution in [0.25, 0.3) is 16.8 Å². The summed E-state index contributed by atoms with van der Waals surface area (Å²) in [5, 5.41) is 10.9. The van der Waals surface area contributed by atoms with Gasteiger partial charge in [0.2, 0.25) is 0 Å². The van der Waals surface area contributed by atoms with E-state index < -0.39 is 12.0 Å². The molecule has 1 aliphatic heterocycles. The molecular formula is C19H19F3N8O. The third-order valence-corrected chi connectivity index (χ3v) is 5.78. The Hall–Kier alpha value is -3.44. The van der Waals surface area contributed by atoms with Crippen LogP contribution in [-0.4, -0.2) is 47.0 Å². The third kappa shape index (κ3) is 3.31. The first-order chi connectivity index (χ1) is 14.8. The van der Waals surface area contributed by atoms with Gasteiger partial charge in [-0.2, -0.15) is 17.7 Å². The Morgan fingerprint density at radius 3 is 2.65 bits per heavy atom. The fourth-order valence-electron chi connectivity index (χ4n) is 4.12. The van der Waals surface area contributed by atoms with Gasteiger partial charge < -0.3 is 4.90 Å². The summed E-state index contributed by atoms with van der Waals surface area (Å²) in [7, 11) is 1.73. The molecule has 5 rings (SSSR count). The molecule has 4 aromatic rings. The molecule has 12 heteroatoms. The highest BCUT2D eigenvalue weighted by Crippen LogP contribution is 2.29. The smallest absolute Gasteiger partial charge is 0.355 e. The minimum Gasteiger partial charge on any atom is -0.355 e. The second-order valence-corrected chi connectivity index (χ2v) is 7.71. The van der Waals surface area contributed by atoms with Gasteiger partial charge in [-0.25, -0.2) is 9.78 Å². The average Bonchev–Trinajstić information content (AvgIpc) is 3.29. The summed E-state index contributed by atoms with van der Waals surface area (Å²) in [4.78, 5) is 18.9. The molecule has 0 bridgehead atoms. The lowest BCUT2D eigenvalue weighted by Crippen LogP contribution is -2.37. The topological polar surface area (TPSA) is 86.1 Å². The van der Waals surface area contributed by atoms with Gasteiger partial charge in [-0.3, -0.25) is 9.13 Å². The van der Waals surface area contributed by atoms with Crippen LogP contribution in [-0.2, 0) is 19.8 Å². The van der Waals surface area contributed by atoms with Crippen molar-refractivity contribution in [3.05, 3.63) is 46.8 Å². The average molecular weight is 432 g/mol. The molecular weight excluding hydrogens is 413 g/mol. The zero-order chi connectivity index (χ0) is 21.8. The number of hydrogen-bond donors (Lipinski definition) is 0. The zero-order valence-corrected chi connectivity index (χ0v) is 16.6. The van der Waals surface area contributed by atoms with Gasteiger partial charge in [0.1, 0.15) is 5.82 Å². The minimum absolute atomic E-state index is 0.0498. The highest BCUT2D eigenvalue weighted by molar-refractivity contribution is 5.71. The van der Waals surface area contributed by atoms with Gasteiger partial charge in [-0.05, 0) is 43.0 Å². The molecule has 5 heterocycles. The number of alkyl halides is 3. The van der Waals surface area contributed by atoms with Crippen LogP contribution < -0.4 is 10.6 Å². The largest absolute Gasteiger partial charge is 0.453 e. The van der Waals surface area contributed by atoms with Gasteiger partial charge in [-0.15, -0.1) is 15.3 Å². The molecule has 0 spiro atoms. The van der Waals surface area contributed by atoms with Gasteiger partial charge in [-0.1, -0.05) is 0 Å². The number of aromatic nitrogens is 7. The first kappa shape index (κ1) is 19.5. The Bertz CT molecular complexity index is 1310. The molecule has 0 unspecified atom stereocenters. The highest BCUT2D eigenvalue weighted by atomic mass is 19.4. The maximum absolute atomic E-state index is 13.1. The number of piperidine rings is 1. The van der Waals surface area contributed by atoms with E-state index in [-0.39, 0.29) is 17.3 Å². The van der Waals surface area contributed by atoms with Crippen LogP contribution in [0.4, 0.5) is 19.0 Å². The summed E-state index contributed by atoms with van der Waals surface area (Å²) in [5.41, 5.74) is 1.40. The predicted octanol–water partition coefficient (Wildman–Crippen LogP) is 2.11. The van der Waals surface area contributed by atoms with E-state index in [1.807, 2.05) is 11.0 Å². The van der Waals surface area contributed by atoms with E-state index in [4.69, 9.17) is 0 Å².